The Morgan fingerprint density at radius 3 is 1.22 bits per heavy atom. The Morgan fingerprint density at radius 1 is 0.652 bits per heavy atom. The minimum absolute atomic E-state index is 0.127. The normalized spacial score (nSPS) is 36.7. The van der Waals surface area contributed by atoms with E-state index in [2.05, 4.69) is 0 Å². The second-order valence-electron chi connectivity index (χ2n) is 6.01. The molecule has 3 rings (SSSR count). The summed E-state index contributed by atoms with van der Waals surface area (Å²) in [5, 5.41) is -1.75. The van der Waals surface area contributed by atoms with Crippen LogP contribution in [-0.2, 0) is 19.2 Å². The number of halogens is 4. The van der Waals surface area contributed by atoms with Gasteiger partial charge < -0.3 is 0 Å². The summed E-state index contributed by atoms with van der Waals surface area (Å²) >= 11 is 21.2. The second-order valence-corrected chi connectivity index (χ2v) is 7.50. The van der Waals surface area contributed by atoms with Crippen molar-refractivity contribution in [1.29, 1.82) is 0 Å². The molecule has 0 spiro atoms. The maximum atomic E-state index is 11.1. The number of hydrogen-bond acceptors (Lipinski definition) is 4. The minimum atomic E-state index is -0.440. The molecule has 0 saturated heterocycles. The van der Waals surface area contributed by atoms with Gasteiger partial charge in [-0.25, -0.2) is 0 Å². The largest absolute Gasteiger partial charge is 0.281 e. The predicted molar refractivity (Wildman–Crippen MR) is 87.4 cm³/mol. The lowest BCUT2D eigenvalue weighted by Crippen LogP contribution is -2.34. The SMILES string of the molecule is O=C(Cl)C1C2C=CC(C2)C1C(=O)Cl.O=C(Cl)C1CCC1C(=O)Cl. The van der Waals surface area contributed by atoms with Crippen LogP contribution in [0.25, 0.3) is 0 Å². The topological polar surface area (TPSA) is 68.3 Å². The van der Waals surface area contributed by atoms with Gasteiger partial charge in [0.1, 0.15) is 0 Å². The zero-order valence-corrected chi connectivity index (χ0v) is 14.9. The third-order valence-corrected chi connectivity index (χ3v) is 5.91. The molecule has 3 aliphatic rings. The predicted octanol–water partition coefficient (Wildman–Crippen LogP) is 3.50. The van der Waals surface area contributed by atoms with E-state index in [0.29, 0.717) is 12.8 Å². The van der Waals surface area contributed by atoms with Crippen LogP contribution in [0.3, 0.4) is 0 Å². The molecule has 0 radical (unpaired) electrons. The molecule has 2 saturated carbocycles. The van der Waals surface area contributed by atoms with Crippen molar-refractivity contribution in [1.82, 2.24) is 0 Å². The van der Waals surface area contributed by atoms with Gasteiger partial charge in [-0.15, -0.1) is 0 Å². The van der Waals surface area contributed by atoms with E-state index in [-0.39, 0.29) is 35.5 Å². The maximum Gasteiger partial charge on any atom is 0.226 e. The molecule has 126 valence electrons. The number of carbonyl (C=O) groups is 4. The maximum absolute atomic E-state index is 11.1. The summed E-state index contributed by atoms with van der Waals surface area (Å²) in [6, 6.07) is 0. The smallest absolute Gasteiger partial charge is 0.226 e. The fraction of sp³-hybridized carbons (Fsp3) is 0.600. The van der Waals surface area contributed by atoms with E-state index in [1.165, 1.54) is 0 Å². The van der Waals surface area contributed by atoms with Crippen LogP contribution in [0.4, 0.5) is 0 Å². The molecule has 2 bridgehead atoms. The van der Waals surface area contributed by atoms with E-state index in [4.69, 9.17) is 46.4 Å². The van der Waals surface area contributed by atoms with E-state index >= 15 is 0 Å². The molecule has 2 fully saturated rings. The van der Waals surface area contributed by atoms with Crippen LogP contribution >= 0.6 is 46.4 Å². The number of allylic oxidation sites excluding steroid dienone is 2. The van der Waals surface area contributed by atoms with Gasteiger partial charge in [0.2, 0.25) is 21.0 Å². The van der Waals surface area contributed by atoms with Crippen molar-refractivity contribution < 1.29 is 19.2 Å². The second kappa shape index (κ2) is 7.64. The molecule has 0 aromatic rings. The van der Waals surface area contributed by atoms with Gasteiger partial charge in [-0.3, -0.25) is 19.2 Å². The minimum Gasteiger partial charge on any atom is -0.281 e. The molecule has 8 heteroatoms. The molecule has 0 aliphatic heterocycles. The summed E-state index contributed by atoms with van der Waals surface area (Å²) in [6.45, 7) is 0. The number of hydrogen-bond donors (Lipinski definition) is 0. The molecule has 3 aliphatic carbocycles. The highest BCUT2D eigenvalue weighted by Crippen LogP contribution is 2.49. The van der Waals surface area contributed by atoms with E-state index in [0.717, 1.165) is 6.42 Å². The summed E-state index contributed by atoms with van der Waals surface area (Å²) in [5.74, 6) is -1.15. The van der Waals surface area contributed by atoms with Crippen molar-refractivity contribution in [3.8, 4) is 0 Å². The van der Waals surface area contributed by atoms with Crippen molar-refractivity contribution in [2.75, 3.05) is 0 Å². The van der Waals surface area contributed by atoms with Crippen molar-refractivity contribution in [3.63, 3.8) is 0 Å². The molecule has 0 amide bonds. The van der Waals surface area contributed by atoms with E-state index in [1.54, 1.807) is 0 Å². The monoisotopic (exact) mass is 398 g/mol. The van der Waals surface area contributed by atoms with Crippen molar-refractivity contribution in [2.45, 2.75) is 19.3 Å². The lowest BCUT2D eigenvalue weighted by Gasteiger charge is -2.30. The first-order valence-electron chi connectivity index (χ1n) is 7.19. The summed E-state index contributed by atoms with van der Waals surface area (Å²) in [4.78, 5) is 43.1. The van der Waals surface area contributed by atoms with Crippen LogP contribution in [0.5, 0.6) is 0 Å². The Kier molecular flexibility index (Phi) is 6.28. The van der Waals surface area contributed by atoms with Crippen LogP contribution in [0.1, 0.15) is 19.3 Å². The van der Waals surface area contributed by atoms with E-state index < -0.39 is 21.0 Å². The van der Waals surface area contributed by atoms with Crippen LogP contribution in [0.15, 0.2) is 12.2 Å². The zero-order valence-electron chi connectivity index (χ0n) is 11.9. The average Bonchev–Trinajstić information content (AvgIpc) is 2.96. The lowest BCUT2D eigenvalue weighted by atomic mass is 9.75. The van der Waals surface area contributed by atoms with Gasteiger partial charge in [0.25, 0.3) is 0 Å². The molecule has 23 heavy (non-hydrogen) atoms. The summed E-state index contributed by atoms with van der Waals surface area (Å²) < 4.78 is 0. The van der Waals surface area contributed by atoms with Gasteiger partial charge in [-0.1, -0.05) is 12.2 Å². The zero-order chi connectivity index (χ0) is 17.3. The van der Waals surface area contributed by atoms with Crippen LogP contribution < -0.4 is 0 Å². The average molecular weight is 400 g/mol. The lowest BCUT2D eigenvalue weighted by molar-refractivity contribution is -0.128. The van der Waals surface area contributed by atoms with Crippen molar-refractivity contribution in [3.05, 3.63) is 12.2 Å². The van der Waals surface area contributed by atoms with Gasteiger partial charge in [0.15, 0.2) is 0 Å². The van der Waals surface area contributed by atoms with E-state index in [9.17, 15) is 19.2 Å². The first kappa shape index (κ1) is 18.9. The van der Waals surface area contributed by atoms with Gasteiger partial charge in [-0.05, 0) is 77.5 Å². The fourth-order valence-electron chi connectivity index (χ4n) is 3.48. The third-order valence-electron chi connectivity index (χ3n) is 4.84. The molecule has 0 aromatic heterocycles. The van der Waals surface area contributed by atoms with Gasteiger partial charge in [-0.2, -0.15) is 0 Å². The summed E-state index contributed by atoms with van der Waals surface area (Å²) in [6.07, 6.45) is 6.17. The van der Waals surface area contributed by atoms with Crippen LogP contribution in [0.2, 0.25) is 0 Å². The van der Waals surface area contributed by atoms with E-state index in [1.807, 2.05) is 12.2 Å². The highest BCUT2D eigenvalue weighted by molar-refractivity contribution is 6.67. The van der Waals surface area contributed by atoms with Gasteiger partial charge in [0, 0.05) is 11.8 Å². The first-order chi connectivity index (χ1) is 10.7. The van der Waals surface area contributed by atoms with Gasteiger partial charge >= 0.3 is 0 Å². The molecule has 0 heterocycles. The molecular formula is C15H14Cl4O4. The molecule has 0 N–H and O–H groups in total. The molecular weight excluding hydrogens is 386 g/mol. The third kappa shape index (κ3) is 3.98. The number of fused-ring (bicyclic) bond motifs is 2. The number of carbonyl (C=O) groups excluding carboxylic acids is 4. The Morgan fingerprint density at radius 2 is 1.00 bits per heavy atom. The molecule has 6 atom stereocenters. The Bertz CT molecular complexity index is 526. The van der Waals surface area contributed by atoms with Crippen LogP contribution in [-0.4, -0.2) is 21.0 Å². The summed E-state index contributed by atoms with van der Waals surface area (Å²) in [7, 11) is 0. The molecule has 6 unspecified atom stereocenters. The van der Waals surface area contributed by atoms with Crippen molar-refractivity contribution >= 4 is 67.4 Å². The Balaban J connectivity index is 0.000000174. The van der Waals surface area contributed by atoms with Crippen molar-refractivity contribution in [2.24, 2.45) is 35.5 Å². The molecule has 0 aromatic carbocycles. The fourth-order valence-corrected chi connectivity index (χ4v) is 4.60. The molecule has 4 nitrogen and oxygen atoms in total. The highest BCUT2D eigenvalue weighted by atomic mass is 35.5. The van der Waals surface area contributed by atoms with Crippen LogP contribution in [0, 0.1) is 35.5 Å². The standard InChI is InChI=1S/C9H8Cl2O2.C6H6Cl2O2/c10-8(12)6-4-1-2-5(3-4)7(6)9(11)13;7-5(9)3-1-2-4(3)6(8)10/h1-2,4-7H,3H2;3-4H,1-2H2. The number of rotatable bonds is 4. The quantitative estimate of drug-likeness (QED) is 0.535. The highest BCUT2D eigenvalue weighted by Gasteiger charge is 2.50. The summed E-state index contributed by atoms with van der Waals surface area (Å²) in [5.41, 5.74) is 0. The van der Waals surface area contributed by atoms with Gasteiger partial charge in [0.05, 0.1) is 11.8 Å². The Hall–Kier alpha value is -0.420. The first-order valence-corrected chi connectivity index (χ1v) is 8.71. The Labute approximate surface area is 153 Å².